The Morgan fingerprint density at radius 1 is 1.14 bits per heavy atom. The molecule has 0 spiro atoms. The summed E-state index contributed by atoms with van der Waals surface area (Å²) in [6, 6.07) is 10.4. The predicted octanol–water partition coefficient (Wildman–Crippen LogP) is 2.16. The number of aromatic nitrogens is 3. The van der Waals surface area contributed by atoms with Gasteiger partial charge in [0.2, 0.25) is 5.91 Å². The Balaban J connectivity index is 1.47. The second-order valence-corrected chi connectivity index (χ2v) is 7.47. The molecule has 7 heteroatoms. The molecule has 7 nitrogen and oxygen atoms in total. The molecule has 0 saturated carbocycles. The number of amides is 1. The smallest absolute Gasteiger partial charge is 0.241 e. The number of pyridine rings is 1. The minimum atomic E-state index is -0.0507. The van der Waals surface area contributed by atoms with Crippen molar-refractivity contribution < 1.29 is 9.53 Å². The van der Waals surface area contributed by atoms with Gasteiger partial charge in [0.15, 0.2) is 5.65 Å². The molecule has 3 aromatic rings. The lowest BCUT2D eigenvalue weighted by Crippen LogP contribution is -2.41. The van der Waals surface area contributed by atoms with Crippen LogP contribution in [0.2, 0.25) is 0 Å². The number of fused-ring (bicyclic) bond motifs is 1. The molecule has 2 aromatic heterocycles. The molecule has 1 fully saturated rings. The van der Waals surface area contributed by atoms with Crippen molar-refractivity contribution in [3.63, 3.8) is 0 Å². The van der Waals surface area contributed by atoms with E-state index in [0.717, 1.165) is 60.7 Å². The van der Waals surface area contributed by atoms with Crippen LogP contribution >= 0.6 is 0 Å². The molecule has 0 bridgehead atoms. The third kappa shape index (κ3) is 4.46. The molecule has 0 atom stereocenters. The molecule has 1 N–H and O–H groups in total. The number of hydrogen-bond acceptors (Lipinski definition) is 5. The summed E-state index contributed by atoms with van der Waals surface area (Å²) in [7, 11) is 0. The van der Waals surface area contributed by atoms with Crippen LogP contribution in [0.25, 0.3) is 22.2 Å². The lowest BCUT2D eigenvalue weighted by Gasteiger charge is -2.26. The highest BCUT2D eigenvalue weighted by Gasteiger charge is 2.16. The highest BCUT2D eigenvalue weighted by molar-refractivity contribution is 5.95. The lowest BCUT2D eigenvalue weighted by atomic mass is 10.0. The van der Waals surface area contributed by atoms with Crippen LogP contribution in [-0.2, 0) is 16.1 Å². The van der Waals surface area contributed by atoms with E-state index in [-0.39, 0.29) is 12.5 Å². The average molecular weight is 393 g/mol. The van der Waals surface area contributed by atoms with Crippen molar-refractivity contribution in [2.75, 3.05) is 39.4 Å². The van der Waals surface area contributed by atoms with E-state index in [1.165, 1.54) is 5.56 Å². The van der Waals surface area contributed by atoms with Gasteiger partial charge < -0.3 is 10.1 Å². The summed E-state index contributed by atoms with van der Waals surface area (Å²) in [4.78, 5) is 19.3. The summed E-state index contributed by atoms with van der Waals surface area (Å²) in [5, 5.41) is 8.59. The third-order valence-corrected chi connectivity index (χ3v) is 5.32. The van der Waals surface area contributed by atoms with Crippen molar-refractivity contribution in [2.24, 2.45) is 0 Å². The molecule has 1 aliphatic heterocycles. The SMILES string of the molecule is Cc1ccc(-c2ccnc3c2c(C)nn3CC(=O)NCCN2CCOCC2)cc1. The number of ether oxygens (including phenoxy) is 1. The zero-order valence-electron chi connectivity index (χ0n) is 17.0. The van der Waals surface area contributed by atoms with Gasteiger partial charge in [0.1, 0.15) is 6.54 Å². The number of hydrogen-bond donors (Lipinski definition) is 1. The van der Waals surface area contributed by atoms with Gasteiger partial charge >= 0.3 is 0 Å². The molecule has 1 saturated heterocycles. The fourth-order valence-electron chi connectivity index (χ4n) is 3.74. The number of carbonyl (C=O) groups is 1. The summed E-state index contributed by atoms with van der Waals surface area (Å²) in [6.07, 6.45) is 1.78. The van der Waals surface area contributed by atoms with Crippen LogP contribution in [0.1, 0.15) is 11.3 Å². The molecule has 1 aromatic carbocycles. The Hall–Kier alpha value is -2.77. The highest BCUT2D eigenvalue weighted by atomic mass is 16.5. The molecule has 1 amide bonds. The maximum atomic E-state index is 12.5. The first-order valence-electron chi connectivity index (χ1n) is 10.1. The number of morpholine rings is 1. The van der Waals surface area contributed by atoms with E-state index in [1.807, 2.05) is 13.0 Å². The van der Waals surface area contributed by atoms with Gasteiger partial charge in [0, 0.05) is 37.8 Å². The molecule has 3 heterocycles. The van der Waals surface area contributed by atoms with Gasteiger partial charge in [-0.1, -0.05) is 29.8 Å². The van der Waals surface area contributed by atoms with Gasteiger partial charge in [-0.25, -0.2) is 9.67 Å². The van der Waals surface area contributed by atoms with Gasteiger partial charge in [-0.05, 0) is 31.0 Å². The van der Waals surface area contributed by atoms with Gasteiger partial charge in [0.05, 0.1) is 18.9 Å². The van der Waals surface area contributed by atoms with E-state index >= 15 is 0 Å². The van der Waals surface area contributed by atoms with Gasteiger partial charge in [0.25, 0.3) is 0 Å². The van der Waals surface area contributed by atoms with Gasteiger partial charge in [-0.2, -0.15) is 5.10 Å². The van der Waals surface area contributed by atoms with Gasteiger partial charge in [-0.15, -0.1) is 0 Å². The normalized spacial score (nSPS) is 15.0. The standard InChI is InChI=1S/C22H27N5O2/c1-16-3-5-18(6-4-16)19-7-8-24-22-21(19)17(2)25-27(22)15-20(28)23-9-10-26-11-13-29-14-12-26/h3-8H,9-15H2,1-2H3,(H,23,28). The monoisotopic (exact) mass is 393 g/mol. The molecule has 29 heavy (non-hydrogen) atoms. The Bertz CT molecular complexity index is 990. The summed E-state index contributed by atoms with van der Waals surface area (Å²) >= 11 is 0. The van der Waals surface area contributed by atoms with Crippen LogP contribution in [0.3, 0.4) is 0 Å². The van der Waals surface area contributed by atoms with Crippen molar-refractivity contribution >= 4 is 16.9 Å². The Morgan fingerprint density at radius 2 is 1.90 bits per heavy atom. The van der Waals surface area contributed by atoms with Crippen molar-refractivity contribution in [3.05, 3.63) is 47.8 Å². The molecule has 4 rings (SSSR count). The molecule has 1 aliphatic rings. The Kier molecular flexibility index (Phi) is 5.87. The number of nitrogens with zero attached hydrogens (tertiary/aromatic N) is 4. The van der Waals surface area contributed by atoms with E-state index in [2.05, 4.69) is 51.5 Å². The first-order valence-corrected chi connectivity index (χ1v) is 10.1. The van der Waals surface area contributed by atoms with Crippen LogP contribution in [0, 0.1) is 13.8 Å². The fraction of sp³-hybridized carbons (Fsp3) is 0.409. The summed E-state index contributed by atoms with van der Waals surface area (Å²) in [5.41, 5.74) is 5.06. The third-order valence-electron chi connectivity index (χ3n) is 5.32. The number of carbonyl (C=O) groups excluding carboxylic acids is 1. The first kappa shape index (κ1) is 19.5. The number of nitrogens with one attached hydrogen (secondary N) is 1. The summed E-state index contributed by atoms with van der Waals surface area (Å²) < 4.78 is 7.05. The van der Waals surface area contributed by atoms with Crippen LogP contribution in [0.5, 0.6) is 0 Å². The second kappa shape index (κ2) is 8.71. The molecule has 0 radical (unpaired) electrons. The zero-order valence-corrected chi connectivity index (χ0v) is 17.0. The van der Waals surface area contributed by atoms with E-state index in [0.29, 0.717) is 6.54 Å². The Morgan fingerprint density at radius 3 is 2.66 bits per heavy atom. The Labute approximate surface area is 170 Å². The minimum Gasteiger partial charge on any atom is -0.379 e. The zero-order chi connectivity index (χ0) is 20.2. The molecular formula is C22H27N5O2. The molecule has 0 unspecified atom stereocenters. The maximum absolute atomic E-state index is 12.5. The first-order chi connectivity index (χ1) is 14.1. The fourth-order valence-corrected chi connectivity index (χ4v) is 3.74. The van der Waals surface area contributed by atoms with E-state index < -0.39 is 0 Å². The number of benzene rings is 1. The van der Waals surface area contributed by atoms with Crippen LogP contribution < -0.4 is 5.32 Å². The van der Waals surface area contributed by atoms with Crippen LogP contribution in [0.4, 0.5) is 0 Å². The average Bonchev–Trinajstić information content (AvgIpc) is 3.05. The maximum Gasteiger partial charge on any atom is 0.241 e. The largest absolute Gasteiger partial charge is 0.379 e. The molecule has 152 valence electrons. The number of rotatable bonds is 6. The van der Waals surface area contributed by atoms with Crippen molar-refractivity contribution in [3.8, 4) is 11.1 Å². The molecular weight excluding hydrogens is 366 g/mol. The highest BCUT2D eigenvalue weighted by Crippen LogP contribution is 2.29. The number of aryl methyl sites for hydroxylation is 2. The molecule has 0 aliphatic carbocycles. The van der Waals surface area contributed by atoms with E-state index in [4.69, 9.17) is 4.74 Å². The van der Waals surface area contributed by atoms with Crippen molar-refractivity contribution in [1.29, 1.82) is 0 Å². The van der Waals surface area contributed by atoms with Crippen LogP contribution in [-0.4, -0.2) is 65.0 Å². The van der Waals surface area contributed by atoms with Crippen molar-refractivity contribution in [1.82, 2.24) is 25.0 Å². The topological polar surface area (TPSA) is 72.3 Å². The summed E-state index contributed by atoms with van der Waals surface area (Å²) in [6.45, 7) is 9.04. The lowest BCUT2D eigenvalue weighted by molar-refractivity contribution is -0.121. The van der Waals surface area contributed by atoms with E-state index in [1.54, 1.807) is 10.9 Å². The quantitative estimate of drug-likeness (QED) is 0.695. The predicted molar refractivity (Wildman–Crippen MR) is 113 cm³/mol. The van der Waals surface area contributed by atoms with E-state index in [9.17, 15) is 4.79 Å². The van der Waals surface area contributed by atoms with Gasteiger partial charge in [-0.3, -0.25) is 9.69 Å². The minimum absolute atomic E-state index is 0.0507. The van der Waals surface area contributed by atoms with Crippen molar-refractivity contribution in [2.45, 2.75) is 20.4 Å². The van der Waals surface area contributed by atoms with Crippen LogP contribution in [0.15, 0.2) is 36.5 Å². The summed E-state index contributed by atoms with van der Waals surface area (Å²) in [5.74, 6) is -0.0507. The second-order valence-electron chi connectivity index (χ2n) is 7.47.